The van der Waals surface area contributed by atoms with E-state index in [0.717, 1.165) is 11.8 Å². The van der Waals surface area contributed by atoms with Crippen LogP contribution >= 0.6 is 11.8 Å². The second kappa shape index (κ2) is 7.08. The van der Waals surface area contributed by atoms with Gasteiger partial charge in [0.1, 0.15) is 11.6 Å². The summed E-state index contributed by atoms with van der Waals surface area (Å²) in [6.07, 6.45) is 0. The second-order valence-electron chi connectivity index (χ2n) is 3.72. The smallest absolute Gasteiger partial charge is 0.321 e. The van der Waals surface area contributed by atoms with E-state index in [4.69, 9.17) is 0 Å². The van der Waals surface area contributed by atoms with E-state index in [0.29, 0.717) is 0 Å². The summed E-state index contributed by atoms with van der Waals surface area (Å²) in [5.74, 6) is -1.88. The third kappa shape index (κ3) is 4.51. The number of nitrogens with one attached hydrogen (secondary N) is 2. The van der Waals surface area contributed by atoms with Gasteiger partial charge >= 0.3 is 6.03 Å². The highest BCUT2D eigenvalue weighted by Gasteiger charge is 2.17. The molecule has 0 bridgehead atoms. The maximum absolute atomic E-state index is 13.5. The van der Waals surface area contributed by atoms with Gasteiger partial charge in [-0.05, 0) is 19.1 Å². The number of imide groups is 1. The molecule has 1 atom stereocenters. The third-order valence-electron chi connectivity index (χ3n) is 2.35. The maximum Gasteiger partial charge on any atom is 0.321 e. The van der Waals surface area contributed by atoms with Crippen molar-refractivity contribution in [3.8, 4) is 0 Å². The molecule has 0 saturated heterocycles. The Morgan fingerprint density at radius 2 is 1.89 bits per heavy atom. The van der Waals surface area contributed by atoms with Crippen molar-refractivity contribution in [2.24, 2.45) is 0 Å². The van der Waals surface area contributed by atoms with Crippen LogP contribution in [0.15, 0.2) is 18.2 Å². The van der Waals surface area contributed by atoms with Crippen LogP contribution in [0.25, 0.3) is 0 Å². The lowest BCUT2D eigenvalue weighted by atomic mass is 10.1. The van der Waals surface area contributed by atoms with Crippen LogP contribution < -0.4 is 10.6 Å². The molecule has 4 nitrogen and oxygen atoms in total. The van der Waals surface area contributed by atoms with Gasteiger partial charge in [-0.15, -0.1) is 11.8 Å². The first-order chi connectivity index (χ1) is 8.95. The van der Waals surface area contributed by atoms with Crippen LogP contribution in [-0.4, -0.2) is 24.7 Å². The highest BCUT2D eigenvalue weighted by molar-refractivity contribution is 8.00. The fourth-order valence-electron chi connectivity index (χ4n) is 1.41. The van der Waals surface area contributed by atoms with Gasteiger partial charge in [0.05, 0.1) is 5.75 Å². The molecule has 0 radical (unpaired) electrons. The van der Waals surface area contributed by atoms with E-state index in [1.807, 2.05) is 0 Å². The molecule has 2 N–H and O–H groups in total. The Morgan fingerprint density at radius 3 is 2.42 bits per heavy atom. The quantitative estimate of drug-likeness (QED) is 0.893. The Balaban J connectivity index is 2.58. The van der Waals surface area contributed by atoms with Gasteiger partial charge < -0.3 is 5.32 Å². The van der Waals surface area contributed by atoms with Crippen LogP contribution in [-0.2, 0) is 4.79 Å². The molecule has 0 saturated carbocycles. The molecule has 3 amide bonds. The lowest BCUT2D eigenvalue weighted by Crippen LogP contribution is -2.38. The molecular weight excluding hydrogens is 274 g/mol. The summed E-state index contributed by atoms with van der Waals surface area (Å²) in [6.45, 7) is 1.60. The normalized spacial score (nSPS) is 11.8. The summed E-state index contributed by atoms with van der Waals surface area (Å²) in [6, 6.07) is 3.00. The van der Waals surface area contributed by atoms with E-state index in [1.165, 1.54) is 25.2 Å². The summed E-state index contributed by atoms with van der Waals surface area (Å²) in [4.78, 5) is 22.2. The SMILES string of the molecule is CNC(=O)NC(=O)CSC(C)c1c(F)cccc1F. The van der Waals surface area contributed by atoms with Gasteiger partial charge in [-0.2, -0.15) is 0 Å². The minimum Gasteiger partial charge on any atom is -0.341 e. The number of amides is 3. The predicted octanol–water partition coefficient (Wildman–Crippen LogP) is 2.21. The molecule has 104 valence electrons. The fraction of sp³-hybridized carbons (Fsp3) is 0.333. The Hall–Kier alpha value is -1.63. The Kier molecular flexibility index (Phi) is 5.75. The van der Waals surface area contributed by atoms with Crippen LogP contribution in [0, 0.1) is 11.6 Å². The molecule has 1 aromatic rings. The molecule has 1 rings (SSSR count). The molecule has 0 fully saturated rings. The molecule has 0 spiro atoms. The molecule has 7 heteroatoms. The van der Waals surface area contributed by atoms with Gasteiger partial charge in [-0.25, -0.2) is 13.6 Å². The van der Waals surface area contributed by atoms with E-state index in [1.54, 1.807) is 6.92 Å². The minimum atomic E-state index is -0.647. The van der Waals surface area contributed by atoms with Crippen LogP contribution in [0.1, 0.15) is 17.7 Å². The number of halogens is 2. The summed E-state index contributed by atoms with van der Waals surface area (Å²) in [5, 5.41) is 3.77. The van der Waals surface area contributed by atoms with Crippen LogP contribution in [0.3, 0.4) is 0 Å². The number of thioether (sulfide) groups is 1. The summed E-state index contributed by atoms with van der Waals surface area (Å²) >= 11 is 1.05. The van der Waals surface area contributed by atoms with Crippen LogP contribution in [0.4, 0.5) is 13.6 Å². The van der Waals surface area contributed by atoms with Crippen molar-refractivity contribution < 1.29 is 18.4 Å². The standard InChI is InChI=1S/C12H14F2N2O2S/c1-7(11-8(13)4-3-5-9(11)14)19-6-10(17)16-12(18)15-2/h3-5,7H,6H2,1-2H3,(H2,15,16,17,18). The summed E-state index contributed by atoms with van der Waals surface area (Å²) in [5.41, 5.74) is -0.0692. The molecule has 0 aromatic heterocycles. The number of rotatable bonds is 4. The lowest BCUT2D eigenvalue weighted by molar-refractivity contribution is -0.117. The van der Waals surface area contributed by atoms with Crippen molar-refractivity contribution in [2.45, 2.75) is 12.2 Å². The number of benzene rings is 1. The van der Waals surface area contributed by atoms with Crippen molar-refractivity contribution in [3.05, 3.63) is 35.4 Å². The highest BCUT2D eigenvalue weighted by Crippen LogP contribution is 2.31. The van der Waals surface area contributed by atoms with Gasteiger partial charge in [0.2, 0.25) is 5.91 Å². The van der Waals surface area contributed by atoms with E-state index >= 15 is 0 Å². The monoisotopic (exact) mass is 288 g/mol. The van der Waals surface area contributed by atoms with E-state index in [-0.39, 0.29) is 11.3 Å². The zero-order chi connectivity index (χ0) is 14.4. The minimum absolute atomic E-state index is 0.0671. The number of carbonyl (C=O) groups is 2. The molecule has 0 aliphatic heterocycles. The Morgan fingerprint density at radius 1 is 1.32 bits per heavy atom. The molecule has 0 heterocycles. The maximum atomic E-state index is 13.5. The molecule has 19 heavy (non-hydrogen) atoms. The Labute approximate surface area is 113 Å². The van der Waals surface area contributed by atoms with Gasteiger partial charge in [-0.3, -0.25) is 10.1 Å². The van der Waals surface area contributed by atoms with Gasteiger partial charge in [-0.1, -0.05) is 6.07 Å². The number of hydrogen-bond donors (Lipinski definition) is 2. The average molecular weight is 288 g/mol. The van der Waals surface area contributed by atoms with E-state index < -0.39 is 28.8 Å². The average Bonchev–Trinajstić information content (AvgIpc) is 2.36. The topological polar surface area (TPSA) is 58.2 Å². The molecule has 1 unspecified atom stereocenters. The molecule has 0 aliphatic rings. The molecule has 1 aromatic carbocycles. The number of carbonyl (C=O) groups excluding carboxylic acids is 2. The van der Waals surface area contributed by atoms with Gasteiger partial charge in [0, 0.05) is 17.9 Å². The lowest BCUT2D eigenvalue weighted by Gasteiger charge is -2.13. The Bertz CT molecular complexity index is 463. The van der Waals surface area contributed by atoms with Crippen molar-refractivity contribution in [3.63, 3.8) is 0 Å². The number of hydrogen-bond acceptors (Lipinski definition) is 3. The second-order valence-corrected chi connectivity index (χ2v) is 5.04. The van der Waals surface area contributed by atoms with Gasteiger partial charge in [0.15, 0.2) is 0 Å². The highest BCUT2D eigenvalue weighted by atomic mass is 32.2. The largest absolute Gasteiger partial charge is 0.341 e. The number of urea groups is 1. The van der Waals surface area contributed by atoms with E-state index in [2.05, 4.69) is 10.6 Å². The zero-order valence-electron chi connectivity index (χ0n) is 10.5. The first-order valence-corrected chi connectivity index (χ1v) is 6.57. The van der Waals surface area contributed by atoms with Crippen molar-refractivity contribution in [1.82, 2.24) is 10.6 Å². The first-order valence-electron chi connectivity index (χ1n) is 5.52. The van der Waals surface area contributed by atoms with Gasteiger partial charge in [0.25, 0.3) is 0 Å². The molecule has 0 aliphatic carbocycles. The first kappa shape index (κ1) is 15.4. The van der Waals surface area contributed by atoms with Crippen molar-refractivity contribution >= 4 is 23.7 Å². The molecular formula is C12H14F2N2O2S. The van der Waals surface area contributed by atoms with Crippen molar-refractivity contribution in [1.29, 1.82) is 0 Å². The predicted molar refractivity (Wildman–Crippen MR) is 69.8 cm³/mol. The van der Waals surface area contributed by atoms with Crippen LogP contribution in [0.2, 0.25) is 0 Å². The summed E-state index contributed by atoms with van der Waals surface area (Å²) in [7, 11) is 1.38. The zero-order valence-corrected chi connectivity index (χ0v) is 11.3. The van der Waals surface area contributed by atoms with E-state index in [9.17, 15) is 18.4 Å². The fourth-order valence-corrected chi connectivity index (χ4v) is 2.27. The van der Waals surface area contributed by atoms with Crippen molar-refractivity contribution in [2.75, 3.05) is 12.8 Å². The third-order valence-corrected chi connectivity index (χ3v) is 3.52. The van der Waals surface area contributed by atoms with Crippen LogP contribution in [0.5, 0.6) is 0 Å². The summed E-state index contributed by atoms with van der Waals surface area (Å²) < 4.78 is 26.9.